The van der Waals surface area contributed by atoms with Crippen molar-refractivity contribution in [1.29, 1.82) is 0 Å². The Morgan fingerprint density at radius 2 is 1.81 bits per heavy atom. The first kappa shape index (κ1) is 11.4. The van der Waals surface area contributed by atoms with Crippen LogP contribution in [-0.2, 0) is 0 Å². The monoisotopic (exact) mass is 256 g/mol. The lowest BCUT2D eigenvalue weighted by molar-refractivity contribution is 0.806. The third-order valence-electron chi connectivity index (χ3n) is 2.23. The molecule has 6 heteroatoms. The summed E-state index contributed by atoms with van der Waals surface area (Å²) in [5.74, 6) is 1.27. The van der Waals surface area contributed by atoms with Gasteiger partial charge in [-0.2, -0.15) is 5.10 Å². The SMILES string of the molecule is Cc1nc(Cl)c(C)c(-n2cc(Cl)c(C)n2)n1. The van der Waals surface area contributed by atoms with Gasteiger partial charge in [-0.1, -0.05) is 23.2 Å². The molecule has 16 heavy (non-hydrogen) atoms. The molecular formula is C10H10Cl2N4. The fourth-order valence-electron chi connectivity index (χ4n) is 1.35. The van der Waals surface area contributed by atoms with Crippen molar-refractivity contribution in [1.82, 2.24) is 19.7 Å². The number of rotatable bonds is 1. The molecule has 0 saturated heterocycles. The van der Waals surface area contributed by atoms with Crippen molar-refractivity contribution < 1.29 is 0 Å². The summed E-state index contributed by atoms with van der Waals surface area (Å²) in [5.41, 5.74) is 1.54. The molecule has 2 aromatic rings. The van der Waals surface area contributed by atoms with Crippen LogP contribution in [0.4, 0.5) is 0 Å². The molecule has 0 unspecified atom stereocenters. The summed E-state index contributed by atoms with van der Waals surface area (Å²) in [6.07, 6.45) is 1.71. The van der Waals surface area contributed by atoms with Crippen LogP contribution in [-0.4, -0.2) is 19.7 Å². The summed E-state index contributed by atoms with van der Waals surface area (Å²) >= 11 is 11.9. The Bertz CT molecular complexity index is 528. The number of aromatic nitrogens is 4. The maximum absolute atomic E-state index is 5.99. The Labute approximate surface area is 103 Å². The van der Waals surface area contributed by atoms with Gasteiger partial charge in [0.05, 0.1) is 16.9 Å². The van der Waals surface area contributed by atoms with E-state index in [0.717, 1.165) is 11.3 Å². The Kier molecular flexibility index (Phi) is 2.86. The van der Waals surface area contributed by atoms with E-state index in [1.807, 2.05) is 13.8 Å². The van der Waals surface area contributed by atoms with Crippen LogP contribution in [0.15, 0.2) is 6.20 Å². The lowest BCUT2D eigenvalue weighted by Crippen LogP contribution is -2.05. The van der Waals surface area contributed by atoms with Gasteiger partial charge in [0.15, 0.2) is 5.82 Å². The minimum Gasteiger partial charge on any atom is -0.221 e. The Balaban J connectivity index is 2.63. The third kappa shape index (κ3) is 1.90. The van der Waals surface area contributed by atoms with Crippen LogP contribution in [0.2, 0.25) is 10.2 Å². The van der Waals surface area contributed by atoms with Gasteiger partial charge in [-0.25, -0.2) is 14.6 Å². The molecule has 2 heterocycles. The van der Waals surface area contributed by atoms with E-state index in [4.69, 9.17) is 23.2 Å². The lowest BCUT2D eigenvalue weighted by Gasteiger charge is -2.06. The van der Waals surface area contributed by atoms with Gasteiger partial charge >= 0.3 is 0 Å². The van der Waals surface area contributed by atoms with Crippen LogP contribution in [0.5, 0.6) is 0 Å². The van der Waals surface area contributed by atoms with E-state index in [-0.39, 0.29) is 0 Å². The molecule has 0 N–H and O–H groups in total. The van der Waals surface area contributed by atoms with Crippen molar-refractivity contribution in [2.24, 2.45) is 0 Å². The first-order valence-corrected chi connectivity index (χ1v) is 5.47. The number of hydrogen-bond donors (Lipinski definition) is 0. The minimum absolute atomic E-state index is 0.437. The lowest BCUT2D eigenvalue weighted by atomic mass is 10.3. The normalized spacial score (nSPS) is 10.8. The summed E-state index contributed by atoms with van der Waals surface area (Å²) in [6, 6.07) is 0. The van der Waals surface area contributed by atoms with Crippen LogP contribution < -0.4 is 0 Å². The fourth-order valence-corrected chi connectivity index (χ4v) is 1.69. The Hall–Kier alpha value is -1.13. The van der Waals surface area contributed by atoms with Crippen molar-refractivity contribution >= 4 is 23.2 Å². The molecular weight excluding hydrogens is 247 g/mol. The molecule has 0 aromatic carbocycles. The van der Waals surface area contributed by atoms with Gasteiger partial charge in [0.1, 0.15) is 11.0 Å². The van der Waals surface area contributed by atoms with E-state index in [2.05, 4.69) is 15.1 Å². The zero-order valence-corrected chi connectivity index (χ0v) is 10.6. The molecule has 0 spiro atoms. The molecule has 4 nitrogen and oxygen atoms in total. The van der Waals surface area contributed by atoms with E-state index in [0.29, 0.717) is 21.8 Å². The van der Waals surface area contributed by atoms with Crippen LogP contribution in [0.1, 0.15) is 17.1 Å². The molecule has 0 fully saturated rings. The summed E-state index contributed by atoms with van der Waals surface area (Å²) < 4.78 is 1.62. The quantitative estimate of drug-likeness (QED) is 0.738. The molecule has 0 saturated carbocycles. The van der Waals surface area contributed by atoms with Crippen LogP contribution in [0.3, 0.4) is 0 Å². The molecule has 2 aromatic heterocycles. The summed E-state index contributed by atoms with van der Waals surface area (Å²) in [4.78, 5) is 8.37. The van der Waals surface area contributed by atoms with Crippen molar-refractivity contribution in [3.05, 3.63) is 33.5 Å². The second-order valence-electron chi connectivity index (χ2n) is 3.52. The highest BCUT2D eigenvalue weighted by Gasteiger charge is 2.11. The van der Waals surface area contributed by atoms with Gasteiger partial charge in [-0.3, -0.25) is 0 Å². The molecule has 0 aliphatic rings. The third-order valence-corrected chi connectivity index (χ3v) is 2.97. The molecule has 0 atom stereocenters. The minimum atomic E-state index is 0.437. The van der Waals surface area contributed by atoms with Crippen molar-refractivity contribution in [3.8, 4) is 5.82 Å². The highest BCUT2D eigenvalue weighted by molar-refractivity contribution is 6.31. The summed E-state index contributed by atoms with van der Waals surface area (Å²) in [6.45, 7) is 5.47. The number of nitrogens with zero attached hydrogens (tertiary/aromatic N) is 4. The predicted molar refractivity (Wildman–Crippen MR) is 63.4 cm³/mol. The Morgan fingerprint density at radius 1 is 1.12 bits per heavy atom. The summed E-state index contributed by atoms with van der Waals surface area (Å²) in [5, 5.41) is 5.30. The largest absolute Gasteiger partial charge is 0.221 e. The zero-order chi connectivity index (χ0) is 11.9. The highest BCUT2D eigenvalue weighted by Crippen LogP contribution is 2.21. The van der Waals surface area contributed by atoms with E-state index in [9.17, 15) is 0 Å². The standard InChI is InChI=1S/C10H10Cl2N4/c1-5-9(12)13-7(3)14-10(5)16-4-8(11)6(2)15-16/h4H,1-3H3. The van der Waals surface area contributed by atoms with Gasteiger partial charge in [0, 0.05) is 5.56 Å². The molecule has 84 valence electrons. The van der Waals surface area contributed by atoms with E-state index < -0.39 is 0 Å². The Morgan fingerprint density at radius 3 is 2.38 bits per heavy atom. The number of aryl methyl sites for hydroxylation is 2. The van der Waals surface area contributed by atoms with Gasteiger partial charge in [-0.15, -0.1) is 0 Å². The smallest absolute Gasteiger partial charge is 0.161 e. The van der Waals surface area contributed by atoms with E-state index in [1.54, 1.807) is 17.8 Å². The fraction of sp³-hybridized carbons (Fsp3) is 0.300. The molecule has 0 amide bonds. The van der Waals surface area contributed by atoms with Crippen LogP contribution in [0, 0.1) is 20.8 Å². The second-order valence-corrected chi connectivity index (χ2v) is 4.28. The highest BCUT2D eigenvalue weighted by atomic mass is 35.5. The predicted octanol–water partition coefficient (Wildman–Crippen LogP) is 2.89. The number of hydrogen-bond acceptors (Lipinski definition) is 3. The first-order valence-electron chi connectivity index (χ1n) is 4.72. The maximum atomic E-state index is 5.99. The van der Waals surface area contributed by atoms with E-state index >= 15 is 0 Å². The first-order chi connectivity index (χ1) is 7.49. The molecule has 0 bridgehead atoms. The average molecular weight is 257 g/mol. The van der Waals surface area contributed by atoms with E-state index in [1.165, 1.54) is 0 Å². The second kappa shape index (κ2) is 4.03. The molecule has 2 rings (SSSR count). The average Bonchev–Trinajstić information content (AvgIpc) is 2.53. The van der Waals surface area contributed by atoms with Gasteiger partial charge < -0.3 is 0 Å². The molecule has 0 aliphatic carbocycles. The van der Waals surface area contributed by atoms with Gasteiger partial charge in [-0.05, 0) is 20.8 Å². The zero-order valence-electron chi connectivity index (χ0n) is 9.12. The topological polar surface area (TPSA) is 43.6 Å². The van der Waals surface area contributed by atoms with Gasteiger partial charge in [0.2, 0.25) is 0 Å². The summed E-state index contributed by atoms with van der Waals surface area (Å²) in [7, 11) is 0. The molecule has 0 aliphatic heterocycles. The van der Waals surface area contributed by atoms with Gasteiger partial charge in [0.25, 0.3) is 0 Å². The number of halogens is 2. The van der Waals surface area contributed by atoms with Crippen molar-refractivity contribution in [2.75, 3.05) is 0 Å². The maximum Gasteiger partial charge on any atom is 0.161 e. The van der Waals surface area contributed by atoms with Crippen LogP contribution in [0.25, 0.3) is 5.82 Å². The molecule has 0 radical (unpaired) electrons. The van der Waals surface area contributed by atoms with Crippen molar-refractivity contribution in [3.63, 3.8) is 0 Å². The van der Waals surface area contributed by atoms with Crippen molar-refractivity contribution in [2.45, 2.75) is 20.8 Å². The van der Waals surface area contributed by atoms with Crippen LogP contribution >= 0.6 is 23.2 Å².